The summed E-state index contributed by atoms with van der Waals surface area (Å²) < 4.78 is 5.23. The quantitative estimate of drug-likeness (QED) is 0.566. The molecule has 0 unspecified atom stereocenters. The molecule has 1 rings (SSSR count). The highest BCUT2D eigenvalue weighted by Crippen LogP contribution is 2.18. The number of phenolic OH excluding ortho intramolecular Hbond substituents is 1. The molecule has 0 aliphatic rings. The van der Waals surface area contributed by atoms with Gasteiger partial charge in [-0.2, -0.15) is 0 Å². The zero-order chi connectivity index (χ0) is 9.68. The molecule has 0 fully saturated rings. The summed E-state index contributed by atoms with van der Waals surface area (Å²) in [7, 11) is 0. The van der Waals surface area contributed by atoms with Gasteiger partial charge in [-0.3, -0.25) is 0 Å². The van der Waals surface area contributed by atoms with E-state index < -0.39 is 0 Å². The van der Waals surface area contributed by atoms with Crippen molar-refractivity contribution in [3.8, 4) is 5.75 Å². The molecule has 1 N–H and O–H groups in total. The molecule has 0 aromatic heterocycles. The molecule has 2 heteroatoms. The average Bonchev–Trinajstić information content (AvgIpc) is 2.11. The lowest BCUT2D eigenvalue weighted by molar-refractivity contribution is 0.146. The number of ether oxygens (including phenoxy) is 1. The highest BCUT2D eigenvalue weighted by Gasteiger charge is 2.00. The fourth-order valence-corrected chi connectivity index (χ4v) is 1.08. The molecular formula is C11H14O2. The second-order valence-electron chi connectivity index (χ2n) is 2.94. The van der Waals surface area contributed by atoms with Gasteiger partial charge in [0.25, 0.3) is 0 Å². The van der Waals surface area contributed by atoms with E-state index in [-0.39, 0.29) is 5.75 Å². The van der Waals surface area contributed by atoms with Gasteiger partial charge in [-0.1, -0.05) is 23.8 Å². The van der Waals surface area contributed by atoms with Crippen LogP contribution in [0.2, 0.25) is 0 Å². The Morgan fingerprint density at radius 1 is 1.54 bits per heavy atom. The molecule has 1 aromatic carbocycles. The van der Waals surface area contributed by atoms with E-state index in [1.807, 2.05) is 19.1 Å². The lowest BCUT2D eigenvalue weighted by atomic mass is 10.1. The van der Waals surface area contributed by atoms with Gasteiger partial charge in [0, 0.05) is 5.56 Å². The van der Waals surface area contributed by atoms with E-state index >= 15 is 0 Å². The molecule has 0 saturated carbocycles. The molecule has 2 nitrogen and oxygen atoms in total. The molecule has 0 atom stereocenters. The fraction of sp³-hybridized carbons (Fsp3) is 0.273. The first kappa shape index (κ1) is 9.81. The zero-order valence-electron chi connectivity index (χ0n) is 7.79. The van der Waals surface area contributed by atoms with Crippen LogP contribution in [0.3, 0.4) is 0 Å². The summed E-state index contributed by atoms with van der Waals surface area (Å²) >= 11 is 0. The number of phenols is 1. The van der Waals surface area contributed by atoms with Gasteiger partial charge >= 0.3 is 0 Å². The second-order valence-corrected chi connectivity index (χ2v) is 2.94. The van der Waals surface area contributed by atoms with Crippen molar-refractivity contribution < 1.29 is 9.84 Å². The van der Waals surface area contributed by atoms with Crippen LogP contribution in [0.4, 0.5) is 0 Å². The Morgan fingerprint density at radius 2 is 2.31 bits per heavy atom. The van der Waals surface area contributed by atoms with Gasteiger partial charge in [0.2, 0.25) is 0 Å². The van der Waals surface area contributed by atoms with Crippen LogP contribution in [0.1, 0.15) is 11.1 Å². The van der Waals surface area contributed by atoms with Gasteiger partial charge in [-0.15, -0.1) is 6.58 Å². The second kappa shape index (κ2) is 4.67. The maximum Gasteiger partial charge on any atom is 0.121 e. The minimum absolute atomic E-state index is 0.287. The van der Waals surface area contributed by atoms with Gasteiger partial charge in [-0.25, -0.2) is 0 Å². The molecule has 0 bridgehead atoms. The van der Waals surface area contributed by atoms with Crippen molar-refractivity contribution in [3.05, 3.63) is 42.0 Å². The third-order valence-corrected chi connectivity index (χ3v) is 1.73. The van der Waals surface area contributed by atoms with Gasteiger partial charge in [0.05, 0.1) is 13.2 Å². The summed E-state index contributed by atoms with van der Waals surface area (Å²) in [5.74, 6) is 0.287. The van der Waals surface area contributed by atoms with Gasteiger partial charge in [-0.05, 0) is 13.0 Å². The van der Waals surface area contributed by atoms with Gasteiger partial charge < -0.3 is 9.84 Å². The smallest absolute Gasteiger partial charge is 0.121 e. The van der Waals surface area contributed by atoms with Crippen molar-refractivity contribution in [3.63, 3.8) is 0 Å². The lowest BCUT2D eigenvalue weighted by Gasteiger charge is -2.05. The molecule has 0 aliphatic heterocycles. The van der Waals surface area contributed by atoms with Crippen LogP contribution in [0.15, 0.2) is 30.9 Å². The highest BCUT2D eigenvalue weighted by atomic mass is 16.5. The van der Waals surface area contributed by atoms with Crippen molar-refractivity contribution in [1.29, 1.82) is 0 Å². The summed E-state index contributed by atoms with van der Waals surface area (Å²) in [6, 6.07) is 5.46. The summed E-state index contributed by atoms with van der Waals surface area (Å²) in [6.07, 6.45) is 1.69. The molecule has 0 saturated heterocycles. The van der Waals surface area contributed by atoms with Crippen LogP contribution in [0.5, 0.6) is 5.75 Å². The number of benzene rings is 1. The number of rotatable bonds is 4. The van der Waals surface area contributed by atoms with E-state index in [1.54, 1.807) is 12.1 Å². The van der Waals surface area contributed by atoms with Crippen LogP contribution < -0.4 is 0 Å². The molecule has 13 heavy (non-hydrogen) atoms. The molecule has 70 valence electrons. The average molecular weight is 178 g/mol. The maximum absolute atomic E-state index is 9.43. The van der Waals surface area contributed by atoms with Crippen LogP contribution in [0.25, 0.3) is 0 Å². The summed E-state index contributed by atoms with van der Waals surface area (Å²) in [4.78, 5) is 0. The molecule has 0 amide bonds. The molecular weight excluding hydrogens is 164 g/mol. The standard InChI is InChI=1S/C11H14O2/c1-3-6-13-8-10-7-9(2)4-5-11(10)12/h3-5,7,12H,1,6,8H2,2H3. The van der Waals surface area contributed by atoms with Crippen LogP contribution in [-0.4, -0.2) is 11.7 Å². The molecule has 0 radical (unpaired) electrons. The minimum Gasteiger partial charge on any atom is -0.508 e. The lowest BCUT2D eigenvalue weighted by Crippen LogP contribution is -1.93. The van der Waals surface area contributed by atoms with Crippen LogP contribution >= 0.6 is 0 Å². The van der Waals surface area contributed by atoms with Crippen LogP contribution in [0, 0.1) is 6.92 Å². The Morgan fingerprint density at radius 3 is 3.00 bits per heavy atom. The third kappa shape index (κ3) is 2.92. The third-order valence-electron chi connectivity index (χ3n) is 1.73. The van der Waals surface area contributed by atoms with E-state index in [9.17, 15) is 5.11 Å². The highest BCUT2D eigenvalue weighted by molar-refractivity contribution is 5.35. The first-order chi connectivity index (χ1) is 6.24. The Bertz CT molecular complexity index is 292. The van der Waals surface area contributed by atoms with E-state index in [4.69, 9.17) is 4.74 Å². The van der Waals surface area contributed by atoms with Crippen molar-refractivity contribution in [1.82, 2.24) is 0 Å². The first-order valence-electron chi connectivity index (χ1n) is 4.21. The number of aryl methyl sites for hydroxylation is 1. The van der Waals surface area contributed by atoms with Crippen molar-refractivity contribution >= 4 is 0 Å². The van der Waals surface area contributed by atoms with Crippen LogP contribution in [-0.2, 0) is 11.3 Å². The van der Waals surface area contributed by atoms with E-state index in [1.165, 1.54) is 0 Å². The molecule has 0 aliphatic carbocycles. The number of hydrogen-bond acceptors (Lipinski definition) is 2. The Balaban J connectivity index is 2.64. The predicted octanol–water partition coefficient (Wildman–Crippen LogP) is 2.40. The van der Waals surface area contributed by atoms with E-state index in [0.29, 0.717) is 13.2 Å². The van der Waals surface area contributed by atoms with Gasteiger partial charge in [0.15, 0.2) is 0 Å². The first-order valence-corrected chi connectivity index (χ1v) is 4.21. The Kier molecular flexibility index (Phi) is 3.53. The molecule has 0 spiro atoms. The normalized spacial score (nSPS) is 9.92. The monoisotopic (exact) mass is 178 g/mol. The van der Waals surface area contributed by atoms with Crippen molar-refractivity contribution in [2.75, 3.05) is 6.61 Å². The Labute approximate surface area is 78.5 Å². The topological polar surface area (TPSA) is 29.5 Å². The largest absolute Gasteiger partial charge is 0.508 e. The van der Waals surface area contributed by atoms with E-state index in [2.05, 4.69) is 6.58 Å². The molecule has 1 aromatic rings. The van der Waals surface area contributed by atoms with Crippen molar-refractivity contribution in [2.45, 2.75) is 13.5 Å². The van der Waals surface area contributed by atoms with Gasteiger partial charge in [0.1, 0.15) is 5.75 Å². The minimum atomic E-state index is 0.287. The summed E-state index contributed by atoms with van der Waals surface area (Å²) in [5.41, 5.74) is 1.94. The summed E-state index contributed by atoms with van der Waals surface area (Å²) in [5, 5.41) is 9.43. The Hall–Kier alpha value is -1.28. The predicted molar refractivity (Wildman–Crippen MR) is 52.7 cm³/mol. The van der Waals surface area contributed by atoms with E-state index in [0.717, 1.165) is 11.1 Å². The summed E-state index contributed by atoms with van der Waals surface area (Å²) in [6.45, 7) is 6.46. The fourth-order valence-electron chi connectivity index (χ4n) is 1.08. The van der Waals surface area contributed by atoms with Crippen molar-refractivity contribution in [2.24, 2.45) is 0 Å². The number of hydrogen-bond donors (Lipinski definition) is 1. The molecule has 0 heterocycles. The number of aromatic hydroxyl groups is 1. The zero-order valence-corrected chi connectivity index (χ0v) is 7.79. The SMILES string of the molecule is C=CCOCc1cc(C)ccc1O. The maximum atomic E-state index is 9.43.